The first-order chi connectivity index (χ1) is 11.8. The minimum absolute atomic E-state index is 0. The smallest absolute Gasteiger partial charge is 0.253 e. The summed E-state index contributed by atoms with van der Waals surface area (Å²) < 4.78 is 0. The number of para-hydroxylation sites is 1. The van der Waals surface area contributed by atoms with Crippen molar-refractivity contribution in [2.75, 3.05) is 11.9 Å². The molecule has 1 aliphatic carbocycles. The lowest BCUT2D eigenvalue weighted by Gasteiger charge is -2.30. The van der Waals surface area contributed by atoms with Gasteiger partial charge in [0.25, 0.3) is 5.91 Å². The zero-order chi connectivity index (χ0) is 18.4. The molecule has 146 valence electrons. The van der Waals surface area contributed by atoms with Gasteiger partial charge in [0.05, 0.1) is 11.3 Å². The SMILES string of the molecule is CC(C)(C)C(=O)Nc1ccccc1C(=O)NC(CN)C1CCCCC1.Cl. The Balaban J connectivity index is 0.00000338. The highest BCUT2D eigenvalue weighted by Gasteiger charge is 2.26. The van der Waals surface area contributed by atoms with Gasteiger partial charge in [-0.2, -0.15) is 0 Å². The molecule has 5 nitrogen and oxygen atoms in total. The van der Waals surface area contributed by atoms with E-state index in [9.17, 15) is 9.59 Å². The van der Waals surface area contributed by atoms with Crippen LogP contribution in [0.25, 0.3) is 0 Å². The van der Waals surface area contributed by atoms with Crippen molar-refractivity contribution < 1.29 is 9.59 Å². The molecule has 1 saturated carbocycles. The molecule has 2 rings (SSSR count). The van der Waals surface area contributed by atoms with E-state index < -0.39 is 5.41 Å². The number of carbonyl (C=O) groups is 2. The summed E-state index contributed by atoms with van der Waals surface area (Å²) in [7, 11) is 0. The van der Waals surface area contributed by atoms with Crippen molar-refractivity contribution >= 4 is 29.9 Å². The zero-order valence-corrected chi connectivity index (χ0v) is 16.8. The number of rotatable bonds is 5. The Hall–Kier alpha value is -1.59. The van der Waals surface area contributed by atoms with E-state index in [-0.39, 0.29) is 30.3 Å². The lowest BCUT2D eigenvalue weighted by Crippen LogP contribution is -2.46. The Labute approximate surface area is 162 Å². The highest BCUT2D eigenvalue weighted by atomic mass is 35.5. The van der Waals surface area contributed by atoms with E-state index in [0.717, 1.165) is 12.8 Å². The minimum atomic E-state index is -0.522. The standard InChI is InChI=1S/C20H31N3O2.ClH/c1-20(2,3)19(25)23-16-12-8-7-11-15(16)18(24)22-17(13-21)14-9-5-4-6-10-14;/h7-8,11-12,14,17H,4-6,9-10,13,21H2,1-3H3,(H,22,24)(H,23,25);1H. The molecule has 0 radical (unpaired) electrons. The Kier molecular flexibility index (Phi) is 8.57. The topological polar surface area (TPSA) is 84.2 Å². The number of hydrogen-bond acceptors (Lipinski definition) is 3. The molecule has 1 fully saturated rings. The Bertz CT molecular complexity index is 607. The van der Waals surface area contributed by atoms with Crippen molar-refractivity contribution in [3.8, 4) is 0 Å². The molecule has 6 heteroatoms. The average Bonchev–Trinajstić information content (AvgIpc) is 2.59. The summed E-state index contributed by atoms with van der Waals surface area (Å²) in [5.41, 5.74) is 6.42. The summed E-state index contributed by atoms with van der Waals surface area (Å²) in [5.74, 6) is 0.153. The molecule has 4 N–H and O–H groups in total. The number of nitrogens with one attached hydrogen (secondary N) is 2. The van der Waals surface area contributed by atoms with Gasteiger partial charge in [-0.15, -0.1) is 12.4 Å². The largest absolute Gasteiger partial charge is 0.348 e. The van der Waals surface area contributed by atoms with Crippen molar-refractivity contribution in [3.05, 3.63) is 29.8 Å². The van der Waals surface area contributed by atoms with Crippen LogP contribution >= 0.6 is 12.4 Å². The van der Waals surface area contributed by atoms with E-state index >= 15 is 0 Å². The third-order valence-electron chi connectivity index (χ3n) is 4.89. The van der Waals surface area contributed by atoms with E-state index in [2.05, 4.69) is 10.6 Å². The number of anilines is 1. The number of amides is 2. The summed E-state index contributed by atoms with van der Waals surface area (Å²) in [6.45, 7) is 5.97. The van der Waals surface area contributed by atoms with Crippen LogP contribution in [0.1, 0.15) is 63.2 Å². The van der Waals surface area contributed by atoms with E-state index in [0.29, 0.717) is 23.7 Å². The first kappa shape index (κ1) is 22.5. The van der Waals surface area contributed by atoms with E-state index in [1.807, 2.05) is 26.8 Å². The molecule has 1 unspecified atom stereocenters. The van der Waals surface area contributed by atoms with Gasteiger partial charge >= 0.3 is 0 Å². The number of benzene rings is 1. The van der Waals surface area contributed by atoms with Crippen LogP contribution < -0.4 is 16.4 Å². The van der Waals surface area contributed by atoms with Crippen LogP contribution in [0.3, 0.4) is 0 Å². The number of nitrogens with two attached hydrogens (primary N) is 1. The van der Waals surface area contributed by atoms with Crippen LogP contribution in [0, 0.1) is 11.3 Å². The highest BCUT2D eigenvalue weighted by molar-refractivity contribution is 6.04. The van der Waals surface area contributed by atoms with Crippen molar-refractivity contribution in [1.29, 1.82) is 0 Å². The van der Waals surface area contributed by atoms with Crippen LogP contribution in [-0.4, -0.2) is 24.4 Å². The first-order valence-electron chi connectivity index (χ1n) is 9.24. The maximum absolute atomic E-state index is 12.8. The molecule has 0 aromatic heterocycles. The normalized spacial score (nSPS) is 16.3. The molecule has 2 amide bonds. The second-order valence-corrected chi connectivity index (χ2v) is 7.96. The van der Waals surface area contributed by atoms with Gasteiger partial charge in [-0.25, -0.2) is 0 Å². The minimum Gasteiger partial charge on any atom is -0.348 e. The lowest BCUT2D eigenvalue weighted by molar-refractivity contribution is -0.123. The number of hydrogen-bond donors (Lipinski definition) is 3. The van der Waals surface area contributed by atoms with Crippen LogP contribution in [0.5, 0.6) is 0 Å². The quantitative estimate of drug-likeness (QED) is 0.726. The molecule has 1 atom stereocenters. The Morgan fingerprint density at radius 1 is 1.15 bits per heavy atom. The summed E-state index contributed by atoms with van der Waals surface area (Å²) in [6.07, 6.45) is 5.91. The van der Waals surface area contributed by atoms with Gasteiger partial charge in [0, 0.05) is 18.0 Å². The van der Waals surface area contributed by atoms with Crippen LogP contribution in [-0.2, 0) is 4.79 Å². The summed E-state index contributed by atoms with van der Waals surface area (Å²) >= 11 is 0. The second kappa shape index (κ2) is 9.93. The van der Waals surface area contributed by atoms with Crippen LogP contribution in [0.4, 0.5) is 5.69 Å². The van der Waals surface area contributed by atoms with Crippen molar-refractivity contribution in [1.82, 2.24) is 5.32 Å². The number of carbonyl (C=O) groups excluding carboxylic acids is 2. The summed E-state index contributed by atoms with van der Waals surface area (Å²) in [5, 5.41) is 5.96. The lowest BCUT2D eigenvalue weighted by atomic mass is 9.84. The third-order valence-corrected chi connectivity index (χ3v) is 4.89. The predicted octanol–water partition coefficient (Wildman–Crippen LogP) is 3.73. The third kappa shape index (κ3) is 5.99. The summed E-state index contributed by atoms with van der Waals surface area (Å²) in [6, 6.07) is 7.11. The fourth-order valence-electron chi connectivity index (χ4n) is 3.25. The molecule has 0 aliphatic heterocycles. The van der Waals surface area contributed by atoms with E-state index in [1.165, 1.54) is 19.3 Å². The molecule has 26 heavy (non-hydrogen) atoms. The monoisotopic (exact) mass is 381 g/mol. The Morgan fingerprint density at radius 2 is 1.77 bits per heavy atom. The molecule has 0 bridgehead atoms. The fourth-order valence-corrected chi connectivity index (χ4v) is 3.25. The second-order valence-electron chi connectivity index (χ2n) is 7.96. The molecular formula is C20H32ClN3O2. The van der Waals surface area contributed by atoms with Crippen LogP contribution in [0.15, 0.2) is 24.3 Å². The molecular weight excluding hydrogens is 350 g/mol. The molecule has 0 heterocycles. The van der Waals surface area contributed by atoms with Crippen LogP contribution in [0.2, 0.25) is 0 Å². The predicted molar refractivity (Wildman–Crippen MR) is 109 cm³/mol. The molecule has 1 aromatic carbocycles. The van der Waals surface area contributed by atoms with Crippen molar-refractivity contribution in [3.63, 3.8) is 0 Å². The fraction of sp³-hybridized carbons (Fsp3) is 0.600. The van der Waals surface area contributed by atoms with Gasteiger partial charge in [0.1, 0.15) is 0 Å². The zero-order valence-electron chi connectivity index (χ0n) is 16.0. The van der Waals surface area contributed by atoms with E-state index in [4.69, 9.17) is 5.73 Å². The van der Waals surface area contributed by atoms with Crippen molar-refractivity contribution in [2.24, 2.45) is 17.1 Å². The van der Waals surface area contributed by atoms with E-state index in [1.54, 1.807) is 18.2 Å². The molecule has 0 spiro atoms. The van der Waals surface area contributed by atoms with Gasteiger partial charge in [-0.3, -0.25) is 9.59 Å². The van der Waals surface area contributed by atoms with Gasteiger partial charge in [0.2, 0.25) is 5.91 Å². The molecule has 1 aromatic rings. The van der Waals surface area contributed by atoms with Gasteiger partial charge in [-0.05, 0) is 30.9 Å². The maximum Gasteiger partial charge on any atom is 0.253 e. The Morgan fingerprint density at radius 3 is 2.35 bits per heavy atom. The maximum atomic E-state index is 12.8. The van der Waals surface area contributed by atoms with Gasteiger partial charge in [-0.1, -0.05) is 52.2 Å². The summed E-state index contributed by atoms with van der Waals surface area (Å²) in [4.78, 5) is 25.1. The average molecular weight is 382 g/mol. The molecule has 0 saturated heterocycles. The first-order valence-corrected chi connectivity index (χ1v) is 9.24. The van der Waals surface area contributed by atoms with Gasteiger partial charge in [0.15, 0.2) is 0 Å². The van der Waals surface area contributed by atoms with Gasteiger partial charge < -0.3 is 16.4 Å². The molecule has 1 aliphatic rings. The number of halogens is 1. The highest BCUT2D eigenvalue weighted by Crippen LogP contribution is 2.27. The van der Waals surface area contributed by atoms with Crippen molar-refractivity contribution in [2.45, 2.75) is 58.9 Å².